The standard InChI is InChI=1S/C13H24O3/c1-6-9(3)13(10(4)7-2)11(14)8-12(15)16-5/h9-10,13H,6-8H2,1-5H3. The van der Waals surface area contributed by atoms with Crippen molar-refractivity contribution in [3.05, 3.63) is 0 Å². The van der Waals surface area contributed by atoms with Gasteiger partial charge in [0.25, 0.3) is 0 Å². The molecule has 3 nitrogen and oxygen atoms in total. The number of Topliss-reactive ketones (excluding diaryl/α,β-unsaturated/α-hetero) is 1. The lowest BCUT2D eigenvalue weighted by Gasteiger charge is -2.26. The van der Waals surface area contributed by atoms with E-state index < -0.39 is 5.97 Å². The lowest BCUT2D eigenvalue weighted by molar-refractivity contribution is -0.145. The van der Waals surface area contributed by atoms with Crippen LogP contribution in [0.1, 0.15) is 47.0 Å². The van der Waals surface area contributed by atoms with E-state index in [9.17, 15) is 9.59 Å². The molecule has 0 saturated heterocycles. The lowest BCUT2D eigenvalue weighted by Crippen LogP contribution is -2.29. The minimum absolute atomic E-state index is 0.0194. The Morgan fingerprint density at radius 2 is 1.50 bits per heavy atom. The maximum absolute atomic E-state index is 12.0. The fourth-order valence-electron chi connectivity index (χ4n) is 2.04. The molecule has 0 fully saturated rings. The predicted octanol–water partition coefficient (Wildman–Crippen LogP) is 2.83. The summed E-state index contributed by atoms with van der Waals surface area (Å²) < 4.78 is 4.54. The summed E-state index contributed by atoms with van der Waals surface area (Å²) in [5.41, 5.74) is 0. The molecule has 0 aliphatic heterocycles. The van der Waals surface area contributed by atoms with E-state index in [1.54, 1.807) is 0 Å². The minimum atomic E-state index is -0.429. The van der Waals surface area contributed by atoms with Crippen molar-refractivity contribution in [3.63, 3.8) is 0 Å². The van der Waals surface area contributed by atoms with E-state index in [1.807, 2.05) is 0 Å². The number of ketones is 1. The Kier molecular flexibility index (Phi) is 7.02. The molecule has 0 aromatic rings. The monoisotopic (exact) mass is 228 g/mol. The molecule has 0 radical (unpaired) electrons. The van der Waals surface area contributed by atoms with Crippen molar-refractivity contribution in [2.24, 2.45) is 17.8 Å². The number of esters is 1. The van der Waals surface area contributed by atoms with Gasteiger partial charge in [0.15, 0.2) is 0 Å². The van der Waals surface area contributed by atoms with Crippen molar-refractivity contribution in [2.75, 3.05) is 7.11 Å². The molecule has 94 valence electrons. The normalized spacial score (nSPS) is 16.3. The van der Waals surface area contributed by atoms with Crippen LogP contribution < -0.4 is 0 Å². The SMILES string of the molecule is CCC(C)C(C(=O)CC(=O)OC)C(C)CC. The number of methoxy groups -OCH3 is 1. The molecule has 0 spiro atoms. The van der Waals surface area contributed by atoms with Crippen molar-refractivity contribution < 1.29 is 14.3 Å². The van der Waals surface area contributed by atoms with Gasteiger partial charge in [-0.15, -0.1) is 0 Å². The summed E-state index contributed by atoms with van der Waals surface area (Å²) in [5.74, 6) is 0.227. The largest absolute Gasteiger partial charge is 0.469 e. The summed E-state index contributed by atoms with van der Waals surface area (Å²) in [6, 6.07) is 0. The Morgan fingerprint density at radius 1 is 1.06 bits per heavy atom. The molecule has 0 aromatic heterocycles. The number of ether oxygens (including phenoxy) is 1. The van der Waals surface area contributed by atoms with Gasteiger partial charge in [-0.25, -0.2) is 0 Å². The van der Waals surface area contributed by atoms with Gasteiger partial charge in [-0.2, -0.15) is 0 Å². The highest BCUT2D eigenvalue weighted by Crippen LogP contribution is 2.27. The van der Waals surface area contributed by atoms with Crippen molar-refractivity contribution in [3.8, 4) is 0 Å². The fourth-order valence-corrected chi connectivity index (χ4v) is 2.04. The average Bonchev–Trinajstić information content (AvgIpc) is 2.28. The van der Waals surface area contributed by atoms with E-state index in [0.717, 1.165) is 12.8 Å². The number of rotatable bonds is 7. The summed E-state index contributed by atoms with van der Waals surface area (Å²) in [4.78, 5) is 23.1. The molecule has 2 unspecified atom stereocenters. The highest BCUT2D eigenvalue weighted by Gasteiger charge is 2.29. The van der Waals surface area contributed by atoms with Crippen LogP contribution in [0.4, 0.5) is 0 Å². The van der Waals surface area contributed by atoms with E-state index in [4.69, 9.17) is 0 Å². The van der Waals surface area contributed by atoms with Gasteiger partial charge in [0.05, 0.1) is 7.11 Å². The molecule has 3 heteroatoms. The van der Waals surface area contributed by atoms with Crippen molar-refractivity contribution in [2.45, 2.75) is 47.0 Å². The van der Waals surface area contributed by atoms with Gasteiger partial charge in [-0.3, -0.25) is 9.59 Å². The van der Waals surface area contributed by atoms with Crippen molar-refractivity contribution >= 4 is 11.8 Å². The zero-order valence-corrected chi connectivity index (χ0v) is 11.1. The number of hydrogen-bond donors (Lipinski definition) is 0. The van der Waals surface area contributed by atoms with Crippen LogP contribution in [0.25, 0.3) is 0 Å². The third-order valence-corrected chi connectivity index (χ3v) is 3.43. The van der Waals surface area contributed by atoms with Crippen LogP contribution in [0, 0.1) is 17.8 Å². The molecule has 0 aromatic carbocycles. The molecule has 0 amide bonds. The second-order valence-corrected chi connectivity index (χ2v) is 4.52. The fraction of sp³-hybridized carbons (Fsp3) is 0.846. The van der Waals surface area contributed by atoms with Crippen LogP contribution in [-0.2, 0) is 14.3 Å². The van der Waals surface area contributed by atoms with Crippen molar-refractivity contribution in [1.29, 1.82) is 0 Å². The molecule has 0 aliphatic rings. The number of carbonyl (C=O) groups is 2. The molecule has 0 heterocycles. The van der Waals surface area contributed by atoms with Gasteiger partial charge in [0.1, 0.15) is 12.2 Å². The molecule has 0 aliphatic carbocycles. The molecule has 2 atom stereocenters. The molecule has 0 bridgehead atoms. The lowest BCUT2D eigenvalue weighted by atomic mass is 9.77. The summed E-state index contributed by atoms with van der Waals surface area (Å²) in [5, 5.41) is 0. The zero-order chi connectivity index (χ0) is 12.7. The van der Waals surface area contributed by atoms with E-state index in [2.05, 4.69) is 32.4 Å². The number of hydrogen-bond acceptors (Lipinski definition) is 3. The highest BCUT2D eigenvalue weighted by atomic mass is 16.5. The third kappa shape index (κ3) is 4.33. The van der Waals surface area contributed by atoms with Gasteiger partial charge >= 0.3 is 5.97 Å². The first-order valence-electron chi connectivity index (χ1n) is 6.07. The smallest absolute Gasteiger partial charge is 0.313 e. The van der Waals surface area contributed by atoms with Crippen LogP contribution in [0.15, 0.2) is 0 Å². The first kappa shape index (κ1) is 15.1. The summed E-state index contributed by atoms with van der Waals surface area (Å²) in [6.07, 6.45) is 1.83. The van der Waals surface area contributed by atoms with Crippen molar-refractivity contribution in [1.82, 2.24) is 0 Å². The Balaban J connectivity index is 4.62. The minimum Gasteiger partial charge on any atom is -0.469 e. The van der Waals surface area contributed by atoms with Crippen LogP contribution >= 0.6 is 0 Å². The maximum Gasteiger partial charge on any atom is 0.313 e. The maximum atomic E-state index is 12.0. The quantitative estimate of drug-likeness (QED) is 0.497. The first-order chi connectivity index (χ1) is 7.47. The Hall–Kier alpha value is -0.860. The van der Waals surface area contributed by atoms with Gasteiger partial charge < -0.3 is 4.74 Å². The second kappa shape index (κ2) is 7.42. The average molecular weight is 228 g/mol. The van der Waals surface area contributed by atoms with E-state index in [0.29, 0.717) is 11.8 Å². The summed E-state index contributed by atoms with van der Waals surface area (Å²) in [6.45, 7) is 8.30. The summed E-state index contributed by atoms with van der Waals surface area (Å²) in [7, 11) is 1.32. The number of carbonyl (C=O) groups excluding carboxylic acids is 2. The third-order valence-electron chi connectivity index (χ3n) is 3.43. The van der Waals surface area contributed by atoms with Crippen LogP contribution in [0.5, 0.6) is 0 Å². The highest BCUT2D eigenvalue weighted by molar-refractivity contribution is 5.97. The van der Waals surface area contributed by atoms with Gasteiger partial charge in [-0.05, 0) is 11.8 Å². The van der Waals surface area contributed by atoms with Crippen LogP contribution in [0.2, 0.25) is 0 Å². The molecular weight excluding hydrogens is 204 g/mol. The summed E-state index contributed by atoms with van der Waals surface area (Å²) >= 11 is 0. The van der Waals surface area contributed by atoms with Gasteiger partial charge in [-0.1, -0.05) is 40.5 Å². The molecular formula is C13H24O3. The van der Waals surface area contributed by atoms with Gasteiger partial charge in [0, 0.05) is 5.92 Å². The predicted molar refractivity (Wildman–Crippen MR) is 64.0 cm³/mol. The first-order valence-corrected chi connectivity index (χ1v) is 6.07. The van der Waals surface area contributed by atoms with E-state index >= 15 is 0 Å². The molecule has 16 heavy (non-hydrogen) atoms. The molecule has 0 saturated carbocycles. The molecule has 0 N–H and O–H groups in total. The van der Waals surface area contributed by atoms with Gasteiger partial charge in [0.2, 0.25) is 0 Å². The van der Waals surface area contributed by atoms with Crippen LogP contribution in [-0.4, -0.2) is 18.9 Å². The van der Waals surface area contributed by atoms with Crippen LogP contribution in [0.3, 0.4) is 0 Å². The van der Waals surface area contributed by atoms with E-state index in [1.165, 1.54) is 7.11 Å². The Labute approximate surface area is 98.6 Å². The Morgan fingerprint density at radius 3 is 1.81 bits per heavy atom. The van der Waals surface area contributed by atoms with E-state index in [-0.39, 0.29) is 18.1 Å². The second-order valence-electron chi connectivity index (χ2n) is 4.52. The topological polar surface area (TPSA) is 43.4 Å². The zero-order valence-electron chi connectivity index (χ0n) is 11.1. The Bertz CT molecular complexity index is 225. The molecule has 0 rings (SSSR count).